The number of rotatable bonds is 21. The van der Waals surface area contributed by atoms with Crippen LogP contribution in [-0.2, 0) is 43.0 Å². The van der Waals surface area contributed by atoms with Gasteiger partial charge in [-0.3, -0.25) is 33.7 Å². The van der Waals surface area contributed by atoms with Gasteiger partial charge in [-0.1, -0.05) is 13.8 Å². The molecule has 1 aliphatic rings. The van der Waals surface area contributed by atoms with Gasteiger partial charge in [0.05, 0.1) is 25.7 Å². The average Bonchev–Trinajstić information content (AvgIpc) is 3.28. The Hall–Kier alpha value is -3.85. The van der Waals surface area contributed by atoms with Gasteiger partial charge < -0.3 is 35.6 Å². The molecule has 256 valence electrons. The van der Waals surface area contributed by atoms with E-state index in [0.717, 1.165) is 4.90 Å². The van der Waals surface area contributed by atoms with Gasteiger partial charge in [0.25, 0.3) is 11.8 Å². The highest BCUT2D eigenvalue weighted by molar-refractivity contribution is 6.13. The lowest BCUT2D eigenvalue weighted by Crippen LogP contribution is -2.42. The molecule has 0 spiro atoms. The second kappa shape index (κ2) is 22.6. The summed E-state index contributed by atoms with van der Waals surface area (Å²) in [7, 11) is 1.27. The van der Waals surface area contributed by atoms with Gasteiger partial charge in [-0.25, -0.2) is 4.79 Å². The van der Waals surface area contributed by atoms with Crippen LogP contribution in [0.3, 0.4) is 0 Å². The minimum atomic E-state index is -1.01. The maximum atomic E-state index is 11.8. The summed E-state index contributed by atoms with van der Waals surface area (Å²) in [5.41, 5.74) is -0.431. The molecule has 1 heterocycles. The van der Waals surface area contributed by atoms with Crippen LogP contribution in [0.25, 0.3) is 0 Å². The SMILES string of the molecule is CC(C)(CCO)OCCNC(=O)CCN1C(=O)C=CC1=O.COC(=O)C(CCCCNC(=O)CCC(=O)O)NC(=O)CC(C)C. The normalized spacial score (nSPS) is 13.2. The van der Waals surface area contributed by atoms with E-state index in [1.807, 2.05) is 27.7 Å². The van der Waals surface area contributed by atoms with Crippen LogP contribution in [0.15, 0.2) is 12.2 Å². The van der Waals surface area contributed by atoms with Crippen molar-refractivity contribution in [3.05, 3.63) is 12.2 Å². The average molecular weight is 643 g/mol. The van der Waals surface area contributed by atoms with Gasteiger partial charge in [-0.05, 0) is 45.4 Å². The monoisotopic (exact) mass is 642 g/mol. The summed E-state index contributed by atoms with van der Waals surface area (Å²) in [5.74, 6) is -2.82. The number of carbonyl (C=O) groups excluding carboxylic acids is 6. The van der Waals surface area contributed by atoms with Gasteiger partial charge in [-0.2, -0.15) is 0 Å². The zero-order valence-electron chi connectivity index (χ0n) is 27.0. The van der Waals surface area contributed by atoms with E-state index < -0.39 is 23.6 Å². The van der Waals surface area contributed by atoms with Crippen LogP contribution < -0.4 is 16.0 Å². The topological polar surface area (TPSA) is 218 Å². The molecule has 0 aromatic heterocycles. The number of unbranched alkanes of at least 4 members (excludes halogenated alkanes) is 1. The number of carbonyl (C=O) groups is 7. The lowest BCUT2D eigenvalue weighted by Gasteiger charge is -2.24. The second-order valence-electron chi connectivity index (χ2n) is 11.3. The predicted molar refractivity (Wildman–Crippen MR) is 162 cm³/mol. The van der Waals surface area contributed by atoms with Crippen LogP contribution in [-0.4, -0.2) is 108 Å². The van der Waals surface area contributed by atoms with E-state index in [1.165, 1.54) is 19.3 Å². The maximum Gasteiger partial charge on any atom is 0.328 e. The summed E-state index contributed by atoms with van der Waals surface area (Å²) < 4.78 is 10.2. The lowest BCUT2D eigenvalue weighted by atomic mass is 10.1. The Balaban J connectivity index is 0.000000867. The molecule has 45 heavy (non-hydrogen) atoms. The van der Waals surface area contributed by atoms with Crippen molar-refractivity contribution in [2.24, 2.45) is 5.92 Å². The first-order valence-electron chi connectivity index (χ1n) is 15.0. The van der Waals surface area contributed by atoms with E-state index in [9.17, 15) is 33.6 Å². The van der Waals surface area contributed by atoms with Gasteiger partial charge in [0, 0.05) is 57.7 Å². The molecule has 0 bridgehead atoms. The molecule has 0 saturated carbocycles. The van der Waals surface area contributed by atoms with Crippen LogP contribution in [0.2, 0.25) is 0 Å². The zero-order valence-corrected chi connectivity index (χ0v) is 27.0. The predicted octanol–water partition coefficient (Wildman–Crippen LogP) is 0.437. The Morgan fingerprint density at radius 3 is 2.07 bits per heavy atom. The summed E-state index contributed by atoms with van der Waals surface area (Å²) in [6.07, 6.45) is 4.71. The smallest absolute Gasteiger partial charge is 0.328 e. The molecule has 0 aromatic rings. The highest BCUT2D eigenvalue weighted by atomic mass is 16.5. The lowest BCUT2D eigenvalue weighted by molar-refractivity contribution is -0.145. The third-order valence-corrected chi connectivity index (χ3v) is 6.32. The fourth-order valence-electron chi connectivity index (χ4n) is 3.84. The standard InChI is InChI=1S/C16H28N2O6.C14H22N2O5/c1-11(2)10-14(20)18-12(16(23)24-3)6-4-5-9-17-13(19)7-8-15(21)22;1-14(2,6-9-17)21-10-7-15-11(18)5-8-16-12(19)3-4-13(16)20/h11-12H,4-10H2,1-3H3,(H,17,19)(H,18,20)(H,21,22);3-4,17H,5-10H2,1-2H3,(H,15,18). The van der Waals surface area contributed by atoms with E-state index in [4.69, 9.17) is 14.9 Å². The molecule has 5 N–H and O–H groups in total. The van der Waals surface area contributed by atoms with Gasteiger partial charge in [0.2, 0.25) is 17.7 Å². The Morgan fingerprint density at radius 2 is 1.51 bits per heavy atom. The highest BCUT2D eigenvalue weighted by Gasteiger charge is 2.24. The number of methoxy groups -OCH3 is 1. The first kappa shape index (κ1) is 41.1. The molecule has 5 amide bonds. The largest absolute Gasteiger partial charge is 0.481 e. The first-order valence-corrected chi connectivity index (χ1v) is 15.0. The summed E-state index contributed by atoms with van der Waals surface area (Å²) in [5, 5.41) is 25.3. The summed E-state index contributed by atoms with van der Waals surface area (Å²) >= 11 is 0. The molecule has 0 aliphatic carbocycles. The number of amides is 5. The molecular formula is C30H50N4O11. The second-order valence-corrected chi connectivity index (χ2v) is 11.3. The van der Waals surface area contributed by atoms with Crippen molar-refractivity contribution in [3.63, 3.8) is 0 Å². The number of carboxylic acid groups (broad SMARTS) is 1. The fourth-order valence-corrected chi connectivity index (χ4v) is 3.84. The Bertz CT molecular complexity index is 1010. The van der Waals surface area contributed by atoms with Gasteiger partial charge >= 0.3 is 11.9 Å². The van der Waals surface area contributed by atoms with Gasteiger partial charge in [-0.15, -0.1) is 0 Å². The van der Waals surface area contributed by atoms with E-state index in [0.29, 0.717) is 51.8 Å². The fraction of sp³-hybridized carbons (Fsp3) is 0.700. The van der Waals surface area contributed by atoms with Crippen molar-refractivity contribution in [3.8, 4) is 0 Å². The van der Waals surface area contributed by atoms with Gasteiger partial charge in [0.15, 0.2) is 0 Å². The molecule has 1 rings (SSSR count). The van der Waals surface area contributed by atoms with E-state index >= 15 is 0 Å². The maximum absolute atomic E-state index is 11.8. The van der Waals surface area contributed by atoms with Crippen LogP contribution in [0, 0.1) is 5.92 Å². The summed E-state index contributed by atoms with van der Waals surface area (Å²) in [6, 6.07) is -0.691. The number of nitrogens with zero attached hydrogens (tertiary/aromatic N) is 1. The minimum Gasteiger partial charge on any atom is -0.481 e. The molecule has 15 nitrogen and oxygen atoms in total. The Labute approximate surface area is 264 Å². The number of hydrogen-bond acceptors (Lipinski definition) is 10. The third-order valence-electron chi connectivity index (χ3n) is 6.32. The number of aliphatic carboxylic acids is 1. The molecule has 0 saturated heterocycles. The molecule has 0 fully saturated rings. The van der Waals surface area contributed by atoms with Crippen molar-refractivity contribution >= 4 is 41.5 Å². The number of carboxylic acids is 1. The number of aliphatic hydroxyl groups is 1. The highest BCUT2D eigenvalue weighted by Crippen LogP contribution is 2.13. The van der Waals surface area contributed by atoms with Crippen LogP contribution >= 0.6 is 0 Å². The van der Waals surface area contributed by atoms with Crippen LogP contribution in [0.5, 0.6) is 0 Å². The quantitative estimate of drug-likeness (QED) is 0.0657. The number of esters is 1. The Morgan fingerprint density at radius 1 is 0.911 bits per heavy atom. The molecule has 15 heteroatoms. The van der Waals surface area contributed by atoms with E-state index in [2.05, 4.69) is 20.7 Å². The minimum absolute atomic E-state index is 0.0469. The van der Waals surface area contributed by atoms with Gasteiger partial charge in [0.1, 0.15) is 6.04 Å². The van der Waals surface area contributed by atoms with Crippen LogP contribution in [0.1, 0.15) is 79.1 Å². The van der Waals surface area contributed by atoms with E-state index in [1.54, 1.807) is 0 Å². The molecular weight excluding hydrogens is 592 g/mol. The molecule has 0 radical (unpaired) electrons. The number of hydrogen-bond donors (Lipinski definition) is 5. The number of ether oxygens (including phenoxy) is 2. The Kier molecular flexibility index (Phi) is 20.7. The number of imide groups is 1. The molecule has 1 unspecified atom stereocenters. The molecule has 0 aromatic carbocycles. The molecule has 1 aliphatic heterocycles. The molecule has 1 atom stereocenters. The summed E-state index contributed by atoms with van der Waals surface area (Å²) in [6.45, 7) is 8.76. The van der Waals surface area contributed by atoms with Crippen molar-refractivity contribution in [1.82, 2.24) is 20.9 Å². The zero-order chi connectivity index (χ0) is 34.4. The third kappa shape index (κ3) is 20.7. The van der Waals surface area contributed by atoms with Crippen LogP contribution in [0.4, 0.5) is 0 Å². The summed E-state index contributed by atoms with van der Waals surface area (Å²) in [4.78, 5) is 80.3. The number of nitrogens with one attached hydrogen (secondary N) is 3. The first-order chi connectivity index (χ1) is 21.1. The van der Waals surface area contributed by atoms with Crippen molar-refractivity contribution in [1.29, 1.82) is 0 Å². The number of aliphatic hydroxyl groups excluding tert-OH is 1. The van der Waals surface area contributed by atoms with Crippen molar-refractivity contribution < 1.29 is 53.2 Å². The van der Waals surface area contributed by atoms with E-state index in [-0.39, 0.29) is 67.9 Å². The van der Waals surface area contributed by atoms with Crippen molar-refractivity contribution in [2.75, 3.05) is 40.0 Å². The van der Waals surface area contributed by atoms with Crippen molar-refractivity contribution in [2.45, 2.75) is 90.7 Å².